The van der Waals surface area contributed by atoms with E-state index < -0.39 is 17.5 Å². The van der Waals surface area contributed by atoms with Gasteiger partial charge in [-0.1, -0.05) is 0 Å². The fourth-order valence-corrected chi connectivity index (χ4v) is 2.63. The van der Waals surface area contributed by atoms with Crippen LogP contribution < -0.4 is 10.6 Å². The number of alkyl halides is 3. The maximum atomic E-state index is 13.1. The molecule has 0 aromatic rings. The topological polar surface area (TPSA) is 50.4 Å². The first-order chi connectivity index (χ1) is 8.96. The molecule has 2 heterocycles. The summed E-state index contributed by atoms with van der Waals surface area (Å²) in [5.74, 6) is -0.548. The maximum absolute atomic E-state index is 13.1. The number of hydrogen-bond donors (Lipinski definition) is 2. The first-order valence-electron chi connectivity index (χ1n) is 6.59. The zero-order valence-corrected chi connectivity index (χ0v) is 10.7. The summed E-state index contributed by atoms with van der Waals surface area (Å²) in [4.78, 5) is 11.9. The minimum Gasteiger partial charge on any atom is -0.381 e. The molecular formula is C12H19F3N2O2. The quantitative estimate of drug-likeness (QED) is 0.810. The van der Waals surface area contributed by atoms with Gasteiger partial charge < -0.3 is 15.4 Å². The number of ether oxygens (including phenoxy) is 1. The van der Waals surface area contributed by atoms with E-state index in [1.54, 1.807) is 0 Å². The van der Waals surface area contributed by atoms with Crippen molar-refractivity contribution in [1.29, 1.82) is 0 Å². The molecule has 7 heteroatoms. The minimum absolute atomic E-state index is 0.186. The SMILES string of the molecule is O=C(NCCC1CCOC1)C1(C(F)(F)F)CCNC1. The number of hydrogen-bond acceptors (Lipinski definition) is 3. The number of amides is 1. The van der Waals surface area contributed by atoms with E-state index in [2.05, 4.69) is 10.6 Å². The number of nitrogens with one attached hydrogen (secondary N) is 2. The Kier molecular flexibility index (Phi) is 4.35. The average molecular weight is 280 g/mol. The third-order valence-corrected chi connectivity index (χ3v) is 3.99. The van der Waals surface area contributed by atoms with Gasteiger partial charge in [-0.2, -0.15) is 13.2 Å². The second-order valence-electron chi connectivity index (χ2n) is 5.28. The molecule has 0 spiro atoms. The van der Waals surface area contributed by atoms with Crippen LogP contribution in [0.2, 0.25) is 0 Å². The Hall–Kier alpha value is -0.820. The van der Waals surface area contributed by atoms with Crippen LogP contribution in [0.1, 0.15) is 19.3 Å². The molecule has 0 aromatic carbocycles. The Balaban J connectivity index is 1.86. The molecule has 2 atom stereocenters. The number of carbonyl (C=O) groups excluding carboxylic acids is 1. The zero-order valence-electron chi connectivity index (χ0n) is 10.7. The van der Waals surface area contributed by atoms with Crippen LogP contribution in [0.5, 0.6) is 0 Å². The highest BCUT2D eigenvalue weighted by Gasteiger charge is 2.61. The summed E-state index contributed by atoms with van der Waals surface area (Å²) in [5.41, 5.74) is -2.25. The fourth-order valence-electron chi connectivity index (χ4n) is 2.63. The van der Waals surface area contributed by atoms with Crippen LogP contribution in [0.4, 0.5) is 13.2 Å². The molecule has 0 bridgehead atoms. The molecule has 1 amide bonds. The second kappa shape index (κ2) is 5.66. The summed E-state index contributed by atoms with van der Waals surface area (Å²) in [6.45, 7) is 1.53. The highest BCUT2D eigenvalue weighted by molar-refractivity contribution is 5.84. The van der Waals surface area contributed by atoms with Crippen LogP contribution in [-0.2, 0) is 9.53 Å². The Morgan fingerprint density at radius 3 is 2.79 bits per heavy atom. The molecule has 0 aliphatic carbocycles. The van der Waals surface area contributed by atoms with E-state index in [1.807, 2.05) is 0 Å². The lowest BCUT2D eigenvalue weighted by Crippen LogP contribution is -2.52. The van der Waals surface area contributed by atoms with Crippen molar-refractivity contribution >= 4 is 5.91 Å². The van der Waals surface area contributed by atoms with Crippen LogP contribution in [0.15, 0.2) is 0 Å². The van der Waals surface area contributed by atoms with E-state index in [9.17, 15) is 18.0 Å². The molecule has 2 saturated heterocycles. The zero-order chi connectivity index (χ0) is 13.9. The third kappa shape index (κ3) is 3.02. The molecule has 110 valence electrons. The molecule has 2 aliphatic heterocycles. The monoisotopic (exact) mass is 280 g/mol. The van der Waals surface area contributed by atoms with Crippen LogP contribution in [-0.4, -0.2) is 44.9 Å². The standard InChI is InChI=1S/C12H19F3N2O2/c13-12(14,15)11(3-5-16-8-11)10(18)17-4-1-9-2-6-19-7-9/h9,16H,1-8H2,(H,17,18). The lowest BCUT2D eigenvalue weighted by molar-refractivity contribution is -0.216. The Morgan fingerprint density at radius 2 is 2.26 bits per heavy atom. The van der Waals surface area contributed by atoms with Gasteiger partial charge in [-0.25, -0.2) is 0 Å². The predicted octanol–water partition coefficient (Wildman–Crippen LogP) is 1.07. The molecule has 2 aliphatic rings. The van der Waals surface area contributed by atoms with Crippen LogP contribution in [0.3, 0.4) is 0 Å². The third-order valence-electron chi connectivity index (χ3n) is 3.99. The van der Waals surface area contributed by atoms with Crippen molar-refractivity contribution in [3.05, 3.63) is 0 Å². The average Bonchev–Trinajstić information content (AvgIpc) is 2.99. The Morgan fingerprint density at radius 1 is 1.47 bits per heavy atom. The molecule has 2 unspecified atom stereocenters. The number of halogens is 3. The van der Waals surface area contributed by atoms with Gasteiger partial charge in [-0.3, -0.25) is 4.79 Å². The van der Waals surface area contributed by atoms with Gasteiger partial charge in [0.05, 0.1) is 0 Å². The van der Waals surface area contributed by atoms with Gasteiger partial charge in [0.15, 0.2) is 5.41 Å². The lowest BCUT2D eigenvalue weighted by Gasteiger charge is -2.29. The van der Waals surface area contributed by atoms with Gasteiger partial charge in [0, 0.05) is 26.3 Å². The second-order valence-corrected chi connectivity index (χ2v) is 5.28. The highest BCUT2D eigenvalue weighted by Crippen LogP contribution is 2.43. The summed E-state index contributed by atoms with van der Waals surface area (Å²) in [7, 11) is 0. The van der Waals surface area contributed by atoms with Gasteiger partial charge in [-0.15, -0.1) is 0 Å². The molecule has 0 radical (unpaired) electrons. The summed E-state index contributed by atoms with van der Waals surface area (Å²) in [6, 6.07) is 0. The molecule has 0 saturated carbocycles. The molecule has 2 N–H and O–H groups in total. The molecule has 0 aromatic heterocycles. The molecule has 19 heavy (non-hydrogen) atoms. The van der Waals surface area contributed by atoms with Crippen molar-refractivity contribution in [2.75, 3.05) is 32.8 Å². The van der Waals surface area contributed by atoms with E-state index in [4.69, 9.17) is 4.74 Å². The summed E-state index contributed by atoms with van der Waals surface area (Å²) in [5, 5.41) is 5.08. The summed E-state index contributed by atoms with van der Waals surface area (Å²) >= 11 is 0. The van der Waals surface area contributed by atoms with Gasteiger partial charge in [0.1, 0.15) is 0 Å². The van der Waals surface area contributed by atoms with Crippen LogP contribution in [0.25, 0.3) is 0 Å². The van der Waals surface area contributed by atoms with Crippen molar-refractivity contribution < 1.29 is 22.7 Å². The Labute approximate surface area is 110 Å². The number of carbonyl (C=O) groups is 1. The minimum atomic E-state index is -4.50. The van der Waals surface area contributed by atoms with Crippen molar-refractivity contribution in [2.24, 2.45) is 11.3 Å². The largest absolute Gasteiger partial charge is 0.404 e. The van der Waals surface area contributed by atoms with Crippen molar-refractivity contribution in [3.8, 4) is 0 Å². The van der Waals surface area contributed by atoms with Gasteiger partial charge >= 0.3 is 6.18 Å². The predicted molar refractivity (Wildman–Crippen MR) is 62.5 cm³/mol. The van der Waals surface area contributed by atoms with Crippen molar-refractivity contribution in [3.63, 3.8) is 0 Å². The number of rotatable bonds is 4. The molecular weight excluding hydrogens is 261 g/mol. The molecule has 2 rings (SSSR count). The normalized spacial score (nSPS) is 31.6. The van der Waals surface area contributed by atoms with Crippen molar-refractivity contribution in [1.82, 2.24) is 10.6 Å². The highest BCUT2D eigenvalue weighted by atomic mass is 19.4. The van der Waals surface area contributed by atoms with Gasteiger partial charge in [0.25, 0.3) is 0 Å². The van der Waals surface area contributed by atoms with Crippen molar-refractivity contribution in [2.45, 2.75) is 25.4 Å². The van der Waals surface area contributed by atoms with Gasteiger partial charge in [0.2, 0.25) is 5.91 Å². The molecule has 4 nitrogen and oxygen atoms in total. The van der Waals surface area contributed by atoms with E-state index >= 15 is 0 Å². The van der Waals surface area contributed by atoms with Crippen LogP contribution >= 0.6 is 0 Å². The maximum Gasteiger partial charge on any atom is 0.404 e. The Bertz CT molecular complexity index is 321. The first kappa shape index (κ1) is 14.6. The van der Waals surface area contributed by atoms with E-state index in [-0.39, 0.29) is 26.1 Å². The summed E-state index contributed by atoms with van der Waals surface area (Å²) < 4.78 is 44.4. The lowest BCUT2D eigenvalue weighted by atomic mass is 9.85. The fraction of sp³-hybridized carbons (Fsp3) is 0.917. The first-order valence-corrected chi connectivity index (χ1v) is 6.59. The van der Waals surface area contributed by atoms with Crippen LogP contribution in [0, 0.1) is 11.3 Å². The van der Waals surface area contributed by atoms with E-state index in [1.165, 1.54) is 0 Å². The summed E-state index contributed by atoms with van der Waals surface area (Å²) in [6.07, 6.45) is -3.10. The smallest absolute Gasteiger partial charge is 0.381 e. The van der Waals surface area contributed by atoms with Gasteiger partial charge in [-0.05, 0) is 31.7 Å². The molecule has 2 fully saturated rings. The van der Waals surface area contributed by atoms with E-state index in [0.29, 0.717) is 25.6 Å². The van der Waals surface area contributed by atoms with E-state index in [0.717, 1.165) is 6.42 Å².